The fraction of sp³-hybridized carbons (Fsp3) is 0.526. The van der Waals surface area contributed by atoms with Crippen molar-refractivity contribution < 1.29 is 9.53 Å². The maximum Gasteiger partial charge on any atom is 0.253 e. The normalized spacial score (nSPS) is 16.5. The number of nitrogens with one attached hydrogen (secondary N) is 1. The van der Waals surface area contributed by atoms with Gasteiger partial charge < -0.3 is 10.1 Å². The van der Waals surface area contributed by atoms with E-state index in [1.54, 1.807) is 11.0 Å². The molecule has 25 heavy (non-hydrogen) atoms. The number of carbonyl (C=O) groups is 1. The molecule has 1 amide bonds. The van der Waals surface area contributed by atoms with E-state index in [1.165, 1.54) is 25.6 Å². The van der Waals surface area contributed by atoms with Gasteiger partial charge in [0.05, 0.1) is 12.6 Å². The summed E-state index contributed by atoms with van der Waals surface area (Å²) in [7, 11) is 0. The van der Waals surface area contributed by atoms with E-state index in [0.29, 0.717) is 13.0 Å². The molecular weight excluding hydrogens is 316 g/mol. The number of hydrogen-bond acceptors (Lipinski definition) is 4. The molecule has 0 spiro atoms. The molecule has 0 radical (unpaired) electrons. The van der Waals surface area contributed by atoms with Gasteiger partial charge in [-0.1, -0.05) is 38.3 Å². The van der Waals surface area contributed by atoms with Crippen LogP contribution in [0.3, 0.4) is 0 Å². The fourth-order valence-corrected chi connectivity index (χ4v) is 3.19. The van der Waals surface area contributed by atoms with Gasteiger partial charge in [-0.3, -0.25) is 4.79 Å². The highest BCUT2D eigenvalue weighted by atomic mass is 16.5. The molecule has 6 heteroatoms. The molecule has 134 valence electrons. The van der Waals surface area contributed by atoms with Crippen LogP contribution in [0.1, 0.15) is 51.0 Å². The molecule has 6 nitrogen and oxygen atoms in total. The van der Waals surface area contributed by atoms with Crippen molar-refractivity contribution in [2.24, 2.45) is 0 Å². The van der Waals surface area contributed by atoms with Crippen LogP contribution in [0.25, 0.3) is 0 Å². The van der Waals surface area contributed by atoms with Gasteiger partial charge in [-0.2, -0.15) is 5.10 Å². The third-order valence-electron chi connectivity index (χ3n) is 4.60. The first kappa shape index (κ1) is 17.6. The lowest BCUT2D eigenvalue weighted by Gasteiger charge is -2.26. The van der Waals surface area contributed by atoms with Gasteiger partial charge in [0.25, 0.3) is 5.91 Å². The molecular formula is C19H26N4O2. The number of anilines is 1. The summed E-state index contributed by atoms with van der Waals surface area (Å²) in [4.78, 5) is 16.4. The van der Waals surface area contributed by atoms with E-state index in [4.69, 9.17) is 4.74 Å². The molecule has 0 aliphatic heterocycles. The van der Waals surface area contributed by atoms with Gasteiger partial charge >= 0.3 is 0 Å². The number of nitrogens with zero attached hydrogens (tertiary/aromatic N) is 3. The van der Waals surface area contributed by atoms with Crippen LogP contribution in [0.2, 0.25) is 0 Å². The van der Waals surface area contributed by atoms with E-state index < -0.39 is 0 Å². The third-order valence-corrected chi connectivity index (χ3v) is 4.60. The topological polar surface area (TPSA) is 69.0 Å². The van der Waals surface area contributed by atoms with Crippen molar-refractivity contribution in [1.82, 2.24) is 14.8 Å². The number of benzene rings is 1. The molecule has 1 aromatic heterocycles. The summed E-state index contributed by atoms with van der Waals surface area (Å²) in [5.41, 5.74) is 1.90. The van der Waals surface area contributed by atoms with Crippen LogP contribution < -0.4 is 5.32 Å². The van der Waals surface area contributed by atoms with Crippen LogP contribution in [0.15, 0.2) is 36.9 Å². The molecule has 1 saturated carbocycles. The highest BCUT2D eigenvalue weighted by Crippen LogP contribution is 2.22. The summed E-state index contributed by atoms with van der Waals surface area (Å²) in [6.45, 7) is 2.66. The van der Waals surface area contributed by atoms with Crippen LogP contribution in [-0.4, -0.2) is 32.9 Å². The van der Waals surface area contributed by atoms with Crippen molar-refractivity contribution in [2.75, 3.05) is 5.32 Å². The number of hydrogen-bond donors (Lipinski definition) is 1. The molecule has 1 fully saturated rings. The molecule has 1 heterocycles. The Kier molecular flexibility index (Phi) is 6.17. The third kappa shape index (κ3) is 5.13. The SMILES string of the molecule is CCC(OC1CCCCC1)C(=O)Nc1ccc(Cn2cncn2)cc1. The van der Waals surface area contributed by atoms with Crippen LogP contribution in [0.5, 0.6) is 0 Å². The average Bonchev–Trinajstić information content (AvgIpc) is 3.15. The molecule has 1 aliphatic rings. The molecule has 1 aromatic carbocycles. The molecule has 2 aromatic rings. The number of rotatable bonds is 7. The van der Waals surface area contributed by atoms with Gasteiger partial charge in [0.2, 0.25) is 0 Å². The number of ether oxygens (including phenoxy) is 1. The number of carbonyl (C=O) groups excluding carboxylic acids is 1. The van der Waals surface area contributed by atoms with Crippen LogP contribution in [0, 0.1) is 0 Å². The van der Waals surface area contributed by atoms with Crippen LogP contribution >= 0.6 is 0 Å². The molecule has 1 atom stereocenters. The zero-order valence-electron chi connectivity index (χ0n) is 14.7. The highest BCUT2D eigenvalue weighted by molar-refractivity contribution is 5.94. The lowest BCUT2D eigenvalue weighted by Crippen LogP contribution is -2.34. The standard InChI is InChI=1S/C19H26N4O2/c1-2-18(25-17-6-4-3-5-7-17)19(24)22-16-10-8-15(9-11-16)12-23-14-20-13-21-23/h8-11,13-14,17-18H,2-7,12H2,1H3,(H,22,24). The molecule has 1 unspecified atom stereocenters. The Hall–Kier alpha value is -2.21. The maximum atomic E-state index is 12.5. The Balaban J connectivity index is 1.53. The summed E-state index contributed by atoms with van der Waals surface area (Å²) in [6.07, 6.45) is 9.58. The predicted octanol–water partition coefficient (Wildman–Crippen LogP) is 3.39. The van der Waals surface area contributed by atoms with Gasteiger partial charge in [-0.15, -0.1) is 0 Å². The Morgan fingerprint density at radius 1 is 1.28 bits per heavy atom. The Labute approximate surface area is 148 Å². The van der Waals surface area contributed by atoms with Crippen LogP contribution in [-0.2, 0) is 16.1 Å². The minimum atomic E-state index is -0.377. The monoisotopic (exact) mass is 342 g/mol. The summed E-state index contributed by atoms with van der Waals surface area (Å²) in [5, 5.41) is 7.06. The largest absolute Gasteiger partial charge is 0.365 e. The van der Waals surface area contributed by atoms with E-state index in [0.717, 1.165) is 24.1 Å². The van der Waals surface area contributed by atoms with Crippen molar-refractivity contribution in [3.05, 3.63) is 42.5 Å². The number of aromatic nitrogens is 3. The first-order chi connectivity index (χ1) is 12.2. The lowest BCUT2D eigenvalue weighted by molar-refractivity contribution is -0.132. The quantitative estimate of drug-likeness (QED) is 0.837. The van der Waals surface area contributed by atoms with Crippen molar-refractivity contribution in [3.63, 3.8) is 0 Å². The molecule has 0 bridgehead atoms. The predicted molar refractivity (Wildman–Crippen MR) is 96.2 cm³/mol. The van der Waals surface area contributed by atoms with Crippen molar-refractivity contribution in [2.45, 2.75) is 64.2 Å². The van der Waals surface area contributed by atoms with Crippen molar-refractivity contribution in [3.8, 4) is 0 Å². The zero-order chi connectivity index (χ0) is 17.5. The number of amides is 1. The molecule has 1 N–H and O–H groups in total. The minimum absolute atomic E-state index is 0.0582. The zero-order valence-corrected chi connectivity index (χ0v) is 14.7. The lowest BCUT2D eigenvalue weighted by atomic mass is 9.97. The second kappa shape index (κ2) is 8.76. The average molecular weight is 342 g/mol. The van der Waals surface area contributed by atoms with E-state index in [1.807, 2.05) is 31.2 Å². The van der Waals surface area contributed by atoms with Gasteiger partial charge in [0.1, 0.15) is 18.8 Å². The molecule has 3 rings (SSSR count). The first-order valence-corrected chi connectivity index (χ1v) is 9.12. The first-order valence-electron chi connectivity index (χ1n) is 9.12. The van der Waals surface area contributed by atoms with E-state index in [-0.39, 0.29) is 18.1 Å². The smallest absolute Gasteiger partial charge is 0.253 e. The van der Waals surface area contributed by atoms with Crippen molar-refractivity contribution in [1.29, 1.82) is 0 Å². The molecule has 0 saturated heterocycles. The maximum absolute atomic E-state index is 12.5. The fourth-order valence-electron chi connectivity index (χ4n) is 3.19. The summed E-state index contributed by atoms with van der Waals surface area (Å²) < 4.78 is 7.80. The Bertz CT molecular complexity index is 649. The highest BCUT2D eigenvalue weighted by Gasteiger charge is 2.23. The van der Waals surface area contributed by atoms with Gasteiger partial charge in [-0.05, 0) is 37.0 Å². The van der Waals surface area contributed by atoms with E-state index in [2.05, 4.69) is 15.4 Å². The van der Waals surface area contributed by atoms with Gasteiger partial charge in [0, 0.05) is 5.69 Å². The second-order valence-electron chi connectivity index (χ2n) is 6.57. The van der Waals surface area contributed by atoms with E-state index >= 15 is 0 Å². The van der Waals surface area contributed by atoms with E-state index in [9.17, 15) is 4.79 Å². The second-order valence-corrected chi connectivity index (χ2v) is 6.57. The Morgan fingerprint density at radius 3 is 2.68 bits per heavy atom. The summed E-state index contributed by atoms with van der Waals surface area (Å²) in [6, 6.07) is 7.80. The van der Waals surface area contributed by atoms with Crippen LogP contribution in [0.4, 0.5) is 5.69 Å². The summed E-state index contributed by atoms with van der Waals surface area (Å²) >= 11 is 0. The molecule has 1 aliphatic carbocycles. The van der Waals surface area contributed by atoms with Gasteiger partial charge in [0.15, 0.2) is 0 Å². The summed E-state index contributed by atoms with van der Waals surface area (Å²) in [5.74, 6) is -0.0582. The minimum Gasteiger partial charge on any atom is -0.365 e. The Morgan fingerprint density at radius 2 is 2.04 bits per heavy atom. The van der Waals surface area contributed by atoms with Crippen molar-refractivity contribution >= 4 is 11.6 Å². The van der Waals surface area contributed by atoms with Gasteiger partial charge in [-0.25, -0.2) is 9.67 Å².